The average molecular weight is 367 g/mol. The van der Waals surface area contributed by atoms with Crippen molar-refractivity contribution in [1.82, 2.24) is 14.9 Å². The fourth-order valence-corrected chi connectivity index (χ4v) is 3.28. The molecule has 0 spiro atoms. The van der Waals surface area contributed by atoms with E-state index in [4.69, 9.17) is 10.5 Å². The lowest BCUT2D eigenvalue weighted by molar-refractivity contribution is 0.201. The second-order valence-corrected chi connectivity index (χ2v) is 6.57. The summed E-state index contributed by atoms with van der Waals surface area (Å²) >= 11 is 0. The van der Waals surface area contributed by atoms with Crippen molar-refractivity contribution in [2.75, 3.05) is 30.9 Å². The number of urea groups is 1. The fraction of sp³-hybridized carbons (Fsp3) is 0.706. The van der Waals surface area contributed by atoms with Crippen LogP contribution in [0.5, 0.6) is 0 Å². The van der Waals surface area contributed by atoms with Crippen LogP contribution in [0.2, 0.25) is 0 Å². The maximum Gasteiger partial charge on any atom is 0.330 e. The minimum atomic E-state index is -0.672. The Balaban J connectivity index is 2.36. The van der Waals surface area contributed by atoms with Crippen LogP contribution in [-0.4, -0.2) is 41.9 Å². The molecule has 0 unspecified atom stereocenters. The summed E-state index contributed by atoms with van der Waals surface area (Å²) in [5.74, 6) is -0.00417. The molecule has 1 aromatic heterocycles. The maximum atomic E-state index is 12.8. The molecular formula is C17H29N5O4. The summed E-state index contributed by atoms with van der Waals surface area (Å²) < 4.78 is 6.35. The molecule has 0 radical (unpaired) electrons. The molecule has 1 aliphatic rings. The highest BCUT2D eigenvalue weighted by Crippen LogP contribution is 2.20. The normalized spacial score (nSPS) is 15.0. The number of H-pyrrole nitrogens is 1. The van der Waals surface area contributed by atoms with E-state index in [1.165, 1.54) is 23.0 Å². The van der Waals surface area contributed by atoms with Crippen molar-refractivity contribution in [3.8, 4) is 0 Å². The average Bonchev–Trinajstić information content (AvgIpc) is 2.62. The zero-order valence-electron chi connectivity index (χ0n) is 15.5. The van der Waals surface area contributed by atoms with Crippen LogP contribution in [0.3, 0.4) is 0 Å². The molecule has 9 nitrogen and oxygen atoms in total. The number of hydrogen-bond donors (Lipinski definition) is 3. The van der Waals surface area contributed by atoms with Crippen molar-refractivity contribution in [1.29, 1.82) is 0 Å². The molecule has 0 aromatic carbocycles. The molecule has 2 rings (SSSR count). The minimum absolute atomic E-state index is 0.00417. The van der Waals surface area contributed by atoms with Gasteiger partial charge in [0.05, 0.1) is 13.2 Å². The number of nitrogen functional groups attached to an aromatic ring is 1. The predicted molar refractivity (Wildman–Crippen MR) is 101 cm³/mol. The van der Waals surface area contributed by atoms with Crippen molar-refractivity contribution in [3.05, 3.63) is 20.8 Å². The number of amides is 2. The van der Waals surface area contributed by atoms with Gasteiger partial charge in [0.25, 0.3) is 5.56 Å². The Hall–Kier alpha value is -2.29. The summed E-state index contributed by atoms with van der Waals surface area (Å²) in [6, 6.07) is -0.309. The van der Waals surface area contributed by atoms with Gasteiger partial charge in [-0.05, 0) is 19.3 Å². The van der Waals surface area contributed by atoms with E-state index < -0.39 is 17.3 Å². The van der Waals surface area contributed by atoms with E-state index >= 15 is 0 Å². The van der Waals surface area contributed by atoms with E-state index in [0.717, 1.165) is 25.7 Å². The zero-order valence-corrected chi connectivity index (χ0v) is 15.5. The summed E-state index contributed by atoms with van der Waals surface area (Å²) in [6.45, 7) is 2.66. The molecule has 0 atom stereocenters. The number of aromatic nitrogens is 2. The topological polar surface area (TPSA) is 122 Å². The Kier molecular flexibility index (Phi) is 7.26. The van der Waals surface area contributed by atoms with E-state index in [0.29, 0.717) is 13.0 Å². The van der Waals surface area contributed by atoms with Gasteiger partial charge >= 0.3 is 11.7 Å². The first-order chi connectivity index (χ1) is 12.5. The number of anilines is 2. The van der Waals surface area contributed by atoms with Crippen molar-refractivity contribution in [3.63, 3.8) is 0 Å². The van der Waals surface area contributed by atoms with Crippen LogP contribution in [0.1, 0.15) is 45.4 Å². The number of nitrogens with one attached hydrogen (secondary N) is 2. The number of aromatic amines is 1. The second kappa shape index (κ2) is 9.42. The monoisotopic (exact) mass is 367 g/mol. The van der Waals surface area contributed by atoms with Gasteiger partial charge < -0.3 is 15.8 Å². The standard InChI is InChI=1S/C17H29N5O4/c1-3-9-22-14(18)13(15(23)20-17(22)25)21(10-11-26-2)16(24)19-12-7-5-4-6-8-12/h12H,3-11,18H2,1-2H3,(H,19,24)(H,20,23,25). The summed E-state index contributed by atoms with van der Waals surface area (Å²) in [6.07, 6.45) is 5.84. The number of nitrogens with two attached hydrogens (primary N) is 1. The smallest absolute Gasteiger partial charge is 0.330 e. The molecule has 9 heteroatoms. The molecule has 4 N–H and O–H groups in total. The van der Waals surface area contributed by atoms with Gasteiger partial charge in [-0.2, -0.15) is 0 Å². The van der Waals surface area contributed by atoms with Crippen LogP contribution in [0.25, 0.3) is 0 Å². The van der Waals surface area contributed by atoms with Gasteiger partial charge in [0, 0.05) is 19.7 Å². The van der Waals surface area contributed by atoms with Gasteiger partial charge in [0.2, 0.25) is 0 Å². The van der Waals surface area contributed by atoms with Crippen molar-refractivity contribution >= 4 is 17.5 Å². The molecule has 146 valence electrons. The molecule has 0 bridgehead atoms. The lowest BCUT2D eigenvalue weighted by Gasteiger charge is -2.28. The minimum Gasteiger partial charge on any atom is -0.383 e. The lowest BCUT2D eigenvalue weighted by Crippen LogP contribution is -2.49. The number of nitrogens with zero attached hydrogens (tertiary/aromatic N) is 2. The highest BCUT2D eigenvalue weighted by Gasteiger charge is 2.26. The number of carbonyl (C=O) groups is 1. The number of rotatable bonds is 7. The van der Waals surface area contributed by atoms with E-state index in [1.807, 2.05) is 6.92 Å². The highest BCUT2D eigenvalue weighted by molar-refractivity contribution is 5.94. The van der Waals surface area contributed by atoms with Crippen LogP contribution in [0, 0.1) is 0 Å². The number of ether oxygens (including phenoxy) is 1. The van der Waals surface area contributed by atoms with E-state index in [2.05, 4.69) is 10.3 Å². The lowest BCUT2D eigenvalue weighted by atomic mass is 9.96. The largest absolute Gasteiger partial charge is 0.383 e. The molecule has 0 saturated heterocycles. The van der Waals surface area contributed by atoms with Crippen molar-refractivity contribution in [2.24, 2.45) is 0 Å². The third kappa shape index (κ3) is 4.66. The second-order valence-electron chi connectivity index (χ2n) is 6.57. The molecule has 26 heavy (non-hydrogen) atoms. The van der Waals surface area contributed by atoms with Crippen molar-refractivity contribution in [2.45, 2.75) is 58.0 Å². The highest BCUT2D eigenvalue weighted by atomic mass is 16.5. The summed E-state index contributed by atoms with van der Waals surface area (Å²) in [4.78, 5) is 40.8. The molecule has 1 fully saturated rings. The van der Waals surface area contributed by atoms with Crippen LogP contribution >= 0.6 is 0 Å². The number of carbonyl (C=O) groups excluding carboxylic acids is 1. The summed E-state index contributed by atoms with van der Waals surface area (Å²) in [7, 11) is 1.52. The van der Waals surface area contributed by atoms with Crippen LogP contribution in [0.15, 0.2) is 9.59 Å². The maximum absolute atomic E-state index is 12.8. The first kappa shape index (κ1) is 20.0. The molecule has 1 aromatic rings. The molecule has 1 saturated carbocycles. The van der Waals surface area contributed by atoms with E-state index in [-0.39, 0.29) is 30.7 Å². The van der Waals surface area contributed by atoms with Crippen molar-refractivity contribution < 1.29 is 9.53 Å². The molecule has 0 aliphatic heterocycles. The number of methoxy groups -OCH3 is 1. The molecule has 2 amide bonds. The molecular weight excluding hydrogens is 338 g/mol. The molecule has 1 heterocycles. The van der Waals surface area contributed by atoms with Crippen LogP contribution in [-0.2, 0) is 11.3 Å². The van der Waals surface area contributed by atoms with E-state index in [1.54, 1.807) is 0 Å². The van der Waals surface area contributed by atoms with Gasteiger partial charge in [0.15, 0.2) is 5.69 Å². The quantitative estimate of drug-likeness (QED) is 0.664. The van der Waals surface area contributed by atoms with Gasteiger partial charge in [-0.3, -0.25) is 19.2 Å². The Bertz CT molecular complexity index is 721. The fourth-order valence-electron chi connectivity index (χ4n) is 3.28. The van der Waals surface area contributed by atoms with Gasteiger partial charge in [-0.1, -0.05) is 26.2 Å². The third-order valence-corrected chi connectivity index (χ3v) is 4.63. The van der Waals surface area contributed by atoms with Crippen LogP contribution in [0.4, 0.5) is 16.3 Å². The Morgan fingerprint density at radius 1 is 1.35 bits per heavy atom. The summed E-state index contributed by atoms with van der Waals surface area (Å²) in [5, 5.41) is 2.98. The van der Waals surface area contributed by atoms with E-state index in [9.17, 15) is 14.4 Å². The SMILES string of the molecule is CCCn1c(N)c(N(CCOC)C(=O)NC2CCCCC2)c(=O)[nH]c1=O. The Morgan fingerprint density at radius 2 is 2.04 bits per heavy atom. The zero-order chi connectivity index (χ0) is 19.1. The van der Waals surface area contributed by atoms with Gasteiger partial charge in [-0.25, -0.2) is 9.59 Å². The third-order valence-electron chi connectivity index (χ3n) is 4.63. The predicted octanol–water partition coefficient (Wildman–Crippen LogP) is 1.02. The Morgan fingerprint density at radius 3 is 2.65 bits per heavy atom. The Labute approximate surface area is 152 Å². The van der Waals surface area contributed by atoms with Gasteiger partial charge in [0.1, 0.15) is 5.82 Å². The van der Waals surface area contributed by atoms with Crippen LogP contribution < -0.4 is 27.2 Å². The number of hydrogen-bond acceptors (Lipinski definition) is 5. The first-order valence-corrected chi connectivity index (χ1v) is 9.19. The molecule has 1 aliphatic carbocycles. The summed E-state index contributed by atoms with van der Waals surface area (Å²) in [5.41, 5.74) is 4.84. The van der Waals surface area contributed by atoms with Gasteiger partial charge in [-0.15, -0.1) is 0 Å². The first-order valence-electron chi connectivity index (χ1n) is 9.19.